The molecule has 1 heterocycles. The summed E-state index contributed by atoms with van der Waals surface area (Å²) >= 11 is 3.31. The van der Waals surface area contributed by atoms with Crippen LogP contribution in [0.3, 0.4) is 0 Å². The third-order valence-electron chi connectivity index (χ3n) is 4.10. The lowest BCUT2D eigenvalue weighted by atomic mass is 10.1. The molecule has 1 aromatic carbocycles. The van der Waals surface area contributed by atoms with Crippen LogP contribution < -0.4 is 5.32 Å². The lowest BCUT2D eigenvalue weighted by Crippen LogP contribution is -2.39. The van der Waals surface area contributed by atoms with Gasteiger partial charge in [-0.2, -0.15) is 0 Å². The van der Waals surface area contributed by atoms with Gasteiger partial charge in [-0.25, -0.2) is 4.39 Å². The van der Waals surface area contributed by atoms with E-state index in [0.29, 0.717) is 18.6 Å². The molecule has 4 heteroatoms. The molecule has 2 rings (SSSR count). The van der Waals surface area contributed by atoms with E-state index in [1.807, 2.05) is 12.1 Å². The number of nitrogens with zero attached hydrogens (tertiary/aromatic N) is 1. The van der Waals surface area contributed by atoms with E-state index in [1.165, 1.54) is 12.8 Å². The van der Waals surface area contributed by atoms with E-state index in [0.717, 1.165) is 29.5 Å². The number of rotatable bonds is 4. The van der Waals surface area contributed by atoms with Crippen LogP contribution in [0.5, 0.6) is 0 Å². The quantitative estimate of drug-likeness (QED) is 0.891. The van der Waals surface area contributed by atoms with Gasteiger partial charge in [-0.15, -0.1) is 0 Å². The highest BCUT2D eigenvalue weighted by Crippen LogP contribution is 2.20. The van der Waals surface area contributed by atoms with Crippen LogP contribution in [0.25, 0.3) is 0 Å². The fraction of sp³-hybridized carbons (Fsp3) is 0.625. The highest BCUT2D eigenvalue weighted by Gasteiger charge is 2.23. The number of halogens is 2. The van der Waals surface area contributed by atoms with Gasteiger partial charge in [0.15, 0.2) is 0 Å². The molecular weight excluding hydrogens is 319 g/mol. The molecule has 112 valence electrons. The Labute approximate surface area is 129 Å². The molecule has 0 saturated carbocycles. The topological polar surface area (TPSA) is 15.3 Å². The molecule has 1 saturated heterocycles. The maximum atomic E-state index is 14.0. The van der Waals surface area contributed by atoms with E-state index in [9.17, 15) is 4.39 Å². The van der Waals surface area contributed by atoms with E-state index < -0.39 is 0 Å². The molecule has 0 spiro atoms. The van der Waals surface area contributed by atoms with Gasteiger partial charge in [0, 0.05) is 35.2 Å². The van der Waals surface area contributed by atoms with Gasteiger partial charge < -0.3 is 5.32 Å². The maximum Gasteiger partial charge on any atom is 0.128 e. The standard InChI is InChI=1S/C16H24BrFN2/c1-3-4-15-11-20(12(2)7-8-19-15)10-13-5-6-14(17)9-16(13)18/h5-6,9,12,15,19H,3-4,7-8,10-11H2,1-2H3. The lowest BCUT2D eigenvalue weighted by molar-refractivity contribution is 0.191. The van der Waals surface area contributed by atoms with Crippen LogP contribution in [0.2, 0.25) is 0 Å². The average Bonchev–Trinajstić information content (AvgIpc) is 2.56. The number of nitrogens with one attached hydrogen (secondary N) is 1. The minimum Gasteiger partial charge on any atom is -0.313 e. The summed E-state index contributed by atoms with van der Waals surface area (Å²) < 4.78 is 14.8. The van der Waals surface area contributed by atoms with Crippen LogP contribution in [0.15, 0.2) is 22.7 Å². The van der Waals surface area contributed by atoms with E-state index in [-0.39, 0.29) is 5.82 Å². The van der Waals surface area contributed by atoms with Crippen molar-refractivity contribution >= 4 is 15.9 Å². The second kappa shape index (κ2) is 7.53. The van der Waals surface area contributed by atoms with Gasteiger partial charge in [-0.05, 0) is 38.4 Å². The van der Waals surface area contributed by atoms with E-state index in [4.69, 9.17) is 0 Å². The molecule has 1 N–H and O–H groups in total. The molecule has 0 radical (unpaired) electrons. The summed E-state index contributed by atoms with van der Waals surface area (Å²) in [6.07, 6.45) is 3.50. The van der Waals surface area contributed by atoms with E-state index in [1.54, 1.807) is 6.07 Å². The Hall–Kier alpha value is -0.450. The molecule has 2 unspecified atom stereocenters. The van der Waals surface area contributed by atoms with Crippen molar-refractivity contribution in [1.29, 1.82) is 0 Å². The van der Waals surface area contributed by atoms with Gasteiger partial charge in [-0.1, -0.05) is 35.3 Å². The SMILES string of the molecule is CCCC1CN(Cc2ccc(Br)cc2F)C(C)CCN1. The lowest BCUT2D eigenvalue weighted by Gasteiger charge is -2.29. The van der Waals surface area contributed by atoms with Crippen LogP contribution in [-0.2, 0) is 6.54 Å². The number of benzene rings is 1. The maximum absolute atomic E-state index is 14.0. The highest BCUT2D eigenvalue weighted by molar-refractivity contribution is 9.10. The summed E-state index contributed by atoms with van der Waals surface area (Å²) in [5, 5.41) is 3.61. The molecule has 0 amide bonds. The first kappa shape index (κ1) is 15.9. The number of hydrogen-bond donors (Lipinski definition) is 1. The molecule has 1 fully saturated rings. The van der Waals surface area contributed by atoms with Crippen LogP contribution >= 0.6 is 15.9 Å². The third-order valence-corrected chi connectivity index (χ3v) is 4.59. The summed E-state index contributed by atoms with van der Waals surface area (Å²) in [6, 6.07) is 6.39. The van der Waals surface area contributed by atoms with Gasteiger partial charge in [0.1, 0.15) is 5.82 Å². The molecule has 20 heavy (non-hydrogen) atoms. The Morgan fingerprint density at radius 3 is 2.95 bits per heavy atom. The van der Waals surface area contributed by atoms with E-state index >= 15 is 0 Å². The second-order valence-electron chi connectivity index (χ2n) is 5.74. The first-order chi connectivity index (χ1) is 9.60. The predicted octanol–water partition coefficient (Wildman–Crippen LogP) is 3.94. The molecule has 1 aliphatic heterocycles. The van der Waals surface area contributed by atoms with Gasteiger partial charge in [0.2, 0.25) is 0 Å². The summed E-state index contributed by atoms with van der Waals surface area (Å²) in [6.45, 7) is 7.22. The molecule has 0 aliphatic carbocycles. The van der Waals surface area contributed by atoms with Crippen molar-refractivity contribution in [2.45, 2.75) is 51.7 Å². The second-order valence-corrected chi connectivity index (χ2v) is 6.66. The molecule has 0 bridgehead atoms. The third kappa shape index (κ3) is 4.27. The average molecular weight is 343 g/mol. The Balaban J connectivity index is 2.07. The Morgan fingerprint density at radius 2 is 2.25 bits per heavy atom. The van der Waals surface area contributed by atoms with Crippen LogP contribution in [-0.4, -0.2) is 30.1 Å². The highest BCUT2D eigenvalue weighted by atomic mass is 79.9. The minimum atomic E-state index is -0.115. The largest absolute Gasteiger partial charge is 0.313 e. The minimum absolute atomic E-state index is 0.115. The summed E-state index contributed by atoms with van der Waals surface area (Å²) in [5.74, 6) is -0.115. The van der Waals surface area contributed by atoms with Gasteiger partial charge >= 0.3 is 0 Å². The number of hydrogen-bond acceptors (Lipinski definition) is 2. The zero-order valence-corrected chi connectivity index (χ0v) is 13.9. The first-order valence-electron chi connectivity index (χ1n) is 7.51. The zero-order valence-electron chi connectivity index (χ0n) is 12.3. The normalized spacial score (nSPS) is 24.6. The van der Waals surface area contributed by atoms with Crippen molar-refractivity contribution < 1.29 is 4.39 Å². The zero-order chi connectivity index (χ0) is 14.5. The molecule has 1 aliphatic rings. The predicted molar refractivity (Wildman–Crippen MR) is 85.3 cm³/mol. The fourth-order valence-electron chi connectivity index (χ4n) is 2.84. The van der Waals surface area contributed by atoms with Crippen molar-refractivity contribution in [1.82, 2.24) is 10.2 Å². The Kier molecular flexibility index (Phi) is 6.00. The summed E-state index contributed by atoms with van der Waals surface area (Å²) in [5.41, 5.74) is 0.789. The van der Waals surface area contributed by atoms with Gasteiger partial charge in [0.25, 0.3) is 0 Å². The van der Waals surface area contributed by atoms with Crippen molar-refractivity contribution in [2.75, 3.05) is 13.1 Å². The first-order valence-corrected chi connectivity index (χ1v) is 8.30. The van der Waals surface area contributed by atoms with Crippen LogP contribution in [0, 0.1) is 5.82 Å². The van der Waals surface area contributed by atoms with E-state index in [2.05, 4.69) is 40.0 Å². The molecule has 1 aromatic rings. The summed E-state index contributed by atoms with van der Waals surface area (Å²) in [4.78, 5) is 2.41. The Morgan fingerprint density at radius 1 is 1.45 bits per heavy atom. The van der Waals surface area contributed by atoms with Crippen molar-refractivity contribution in [3.63, 3.8) is 0 Å². The summed E-state index contributed by atoms with van der Waals surface area (Å²) in [7, 11) is 0. The van der Waals surface area contributed by atoms with Crippen molar-refractivity contribution in [2.24, 2.45) is 0 Å². The smallest absolute Gasteiger partial charge is 0.128 e. The molecule has 2 atom stereocenters. The van der Waals surface area contributed by atoms with Crippen LogP contribution in [0.4, 0.5) is 4.39 Å². The monoisotopic (exact) mass is 342 g/mol. The van der Waals surface area contributed by atoms with Crippen molar-refractivity contribution in [3.8, 4) is 0 Å². The molecule has 0 aromatic heterocycles. The van der Waals surface area contributed by atoms with Crippen LogP contribution in [0.1, 0.15) is 38.7 Å². The van der Waals surface area contributed by atoms with Gasteiger partial charge in [0.05, 0.1) is 0 Å². The van der Waals surface area contributed by atoms with Crippen molar-refractivity contribution in [3.05, 3.63) is 34.1 Å². The fourth-order valence-corrected chi connectivity index (χ4v) is 3.17. The molecular formula is C16H24BrFN2. The molecule has 2 nitrogen and oxygen atoms in total. The van der Waals surface area contributed by atoms with Gasteiger partial charge in [-0.3, -0.25) is 4.90 Å². The Bertz CT molecular complexity index is 438.